The number of fused-ring (bicyclic) bond motifs is 2. The Balaban J connectivity index is 1.52. The van der Waals surface area contributed by atoms with Crippen molar-refractivity contribution in [2.75, 3.05) is 18.5 Å². The minimum atomic E-state index is -0.0134. The van der Waals surface area contributed by atoms with E-state index in [2.05, 4.69) is 58.0 Å². The van der Waals surface area contributed by atoms with Gasteiger partial charge in [-0.05, 0) is 42.3 Å². The minimum absolute atomic E-state index is 0.0134. The minimum Gasteiger partial charge on any atom is -0.394 e. The van der Waals surface area contributed by atoms with Gasteiger partial charge in [-0.15, -0.1) is 5.10 Å². The molecule has 2 N–H and O–H groups in total. The quantitative estimate of drug-likeness (QED) is 0.547. The van der Waals surface area contributed by atoms with Crippen LogP contribution in [0.3, 0.4) is 0 Å². The monoisotopic (exact) mass is 387 g/mol. The molecule has 4 aromatic rings. The summed E-state index contributed by atoms with van der Waals surface area (Å²) < 4.78 is 3.56. The molecule has 0 spiro atoms. The zero-order valence-corrected chi connectivity index (χ0v) is 16.0. The molecule has 0 bridgehead atoms. The van der Waals surface area contributed by atoms with Gasteiger partial charge in [-0.2, -0.15) is 5.10 Å². The maximum atomic E-state index is 9.09. The number of hydrogen-bond donors (Lipinski definition) is 2. The molecule has 8 heteroatoms. The van der Waals surface area contributed by atoms with Gasteiger partial charge in [0.2, 0.25) is 0 Å². The average molecular weight is 387 g/mol. The zero-order valence-electron chi connectivity index (χ0n) is 16.0. The van der Waals surface area contributed by atoms with E-state index in [0.717, 1.165) is 40.2 Å². The number of rotatable bonds is 5. The molecule has 1 aliphatic heterocycles. The first kappa shape index (κ1) is 17.6. The van der Waals surface area contributed by atoms with Crippen LogP contribution in [-0.2, 0) is 6.54 Å². The number of aliphatic hydroxyl groups excluding tert-OH is 1. The van der Waals surface area contributed by atoms with Crippen molar-refractivity contribution in [1.82, 2.24) is 29.8 Å². The summed E-state index contributed by atoms with van der Waals surface area (Å²) >= 11 is 0. The van der Waals surface area contributed by atoms with Crippen LogP contribution in [0.15, 0.2) is 48.8 Å². The number of nitrogens with one attached hydrogen (secondary N) is 1. The second kappa shape index (κ2) is 7.14. The van der Waals surface area contributed by atoms with E-state index in [-0.39, 0.29) is 12.6 Å². The van der Waals surface area contributed by atoms with E-state index < -0.39 is 0 Å². The SMILES string of the molecule is CC(c1ccc2c(c1)C=CCN2)n1nnc2ccc(-c3cnn(CCO)c3)nc21. The first-order chi connectivity index (χ1) is 14.2. The van der Waals surface area contributed by atoms with Gasteiger partial charge in [-0.1, -0.05) is 23.4 Å². The third kappa shape index (κ3) is 3.17. The molecule has 0 saturated carbocycles. The Morgan fingerprint density at radius 2 is 2.17 bits per heavy atom. The van der Waals surface area contributed by atoms with Crippen molar-refractivity contribution in [1.29, 1.82) is 0 Å². The predicted octanol–water partition coefficient (Wildman–Crippen LogP) is 2.73. The maximum absolute atomic E-state index is 9.09. The number of nitrogens with zero attached hydrogens (tertiary/aromatic N) is 6. The van der Waals surface area contributed by atoms with Crippen LogP contribution in [0.1, 0.15) is 24.1 Å². The van der Waals surface area contributed by atoms with Crippen molar-refractivity contribution >= 4 is 22.9 Å². The Morgan fingerprint density at radius 1 is 1.24 bits per heavy atom. The van der Waals surface area contributed by atoms with Crippen LogP contribution in [0.5, 0.6) is 0 Å². The Hall–Kier alpha value is -3.52. The molecule has 8 nitrogen and oxygen atoms in total. The van der Waals surface area contributed by atoms with Gasteiger partial charge in [-0.25, -0.2) is 9.67 Å². The van der Waals surface area contributed by atoms with E-state index in [9.17, 15) is 0 Å². The third-order valence-corrected chi connectivity index (χ3v) is 5.21. The molecule has 1 atom stereocenters. The van der Waals surface area contributed by atoms with Gasteiger partial charge in [0, 0.05) is 24.0 Å². The summed E-state index contributed by atoms with van der Waals surface area (Å²) in [6.45, 7) is 3.47. The molecule has 3 aromatic heterocycles. The lowest BCUT2D eigenvalue weighted by Gasteiger charge is -2.17. The number of aromatic nitrogens is 6. The van der Waals surface area contributed by atoms with Crippen LogP contribution in [0.2, 0.25) is 0 Å². The molecular weight excluding hydrogens is 366 g/mol. The first-order valence-electron chi connectivity index (χ1n) is 9.63. The average Bonchev–Trinajstić information content (AvgIpc) is 3.40. The van der Waals surface area contributed by atoms with E-state index in [1.807, 2.05) is 23.0 Å². The fourth-order valence-electron chi connectivity index (χ4n) is 3.60. The maximum Gasteiger partial charge on any atom is 0.179 e. The van der Waals surface area contributed by atoms with Crippen LogP contribution in [0, 0.1) is 0 Å². The van der Waals surface area contributed by atoms with Crippen molar-refractivity contribution in [2.24, 2.45) is 0 Å². The Morgan fingerprint density at radius 3 is 3.07 bits per heavy atom. The van der Waals surface area contributed by atoms with Crippen LogP contribution in [-0.4, -0.2) is 48.0 Å². The van der Waals surface area contributed by atoms with E-state index in [1.165, 1.54) is 5.56 Å². The smallest absolute Gasteiger partial charge is 0.179 e. The standard InChI is InChI=1S/C21H21N7O/c1-14(15-4-5-18-16(11-15)3-2-8-22-18)28-21-20(25-26-28)7-6-19(24-21)17-12-23-27(13-17)9-10-29/h2-7,11-14,22,29H,8-10H2,1H3. The van der Waals surface area contributed by atoms with Gasteiger partial charge in [0.25, 0.3) is 0 Å². The number of hydrogen-bond acceptors (Lipinski definition) is 6. The van der Waals surface area contributed by atoms with Crippen molar-refractivity contribution in [3.8, 4) is 11.3 Å². The fourth-order valence-corrected chi connectivity index (χ4v) is 3.60. The molecule has 4 heterocycles. The van der Waals surface area contributed by atoms with Gasteiger partial charge >= 0.3 is 0 Å². The summed E-state index contributed by atoms with van der Waals surface area (Å²) in [7, 11) is 0. The molecular formula is C21H21N7O. The highest BCUT2D eigenvalue weighted by Crippen LogP contribution is 2.28. The lowest BCUT2D eigenvalue weighted by atomic mass is 10.0. The highest BCUT2D eigenvalue weighted by molar-refractivity contribution is 5.75. The number of benzene rings is 1. The molecule has 0 saturated heterocycles. The van der Waals surface area contributed by atoms with E-state index in [1.54, 1.807) is 10.9 Å². The third-order valence-electron chi connectivity index (χ3n) is 5.21. The summed E-state index contributed by atoms with van der Waals surface area (Å²) in [6.07, 6.45) is 7.89. The van der Waals surface area contributed by atoms with Crippen LogP contribution in [0.4, 0.5) is 5.69 Å². The molecule has 1 aromatic carbocycles. The number of pyridine rings is 1. The highest BCUT2D eigenvalue weighted by Gasteiger charge is 2.17. The Bertz CT molecular complexity index is 1210. The highest BCUT2D eigenvalue weighted by atomic mass is 16.3. The second-order valence-corrected chi connectivity index (χ2v) is 7.09. The van der Waals surface area contributed by atoms with Crippen LogP contribution >= 0.6 is 0 Å². The molecule has 146 valence electrons. The van der Waals surface area contributed by atoms with Crippen molar-refractivity contribution < 1.29 is 5.11 Å². The summed E-state index contributed by atoms with van der Waals surface area (Å²) in [6, 6.07) is 10.2. The molecule has 29 heavy (non-hydrogen) atoms. The van der Waals surface area contributed by atoms with Gasteiger partial charge in [0.05, 0.1) is 31.1 Å². The Kier molecular flexibility index (Phi) is 4.33. The number of anilines is 1. The number of aliphatic hydroxyl groups is 1. The molecule has 0 radical (unpaired) electrons. The van der Waals surface area contributed by atoms with Gasteiger partial charge in [0.15, 0.2) is 5.65 Å². The molecule has 1 unspecified atom stereocenters. The normalized spacial score (nSPS) is 14.0. The summed E-state index contributed by atoms with van der Waals surface area (Å²) in [4.78, 5) is 4.81. The lowest BCUT2D eigenvalue weighted by Crippen LogP contribution is -2.11. The first-order valence-corrected chi connectivity index (χ1v) is 9.63. The van der Waals surface area contributed by atoms with E-state index in [0.29, 0.717) is 6.54 Å². The van der Waals surface area contributed by atoms with Crippen molar-refractivity contribution in [3.63, 3.8) is 0 Å². The van der Waals surface area contributed by atoms with Crippen molar-refractivity contribution in [2.45, 2.75) is 19.5 Å². The summed E-state index contributed by atoms with van der Waals surface area (Å²) in [5.41, 5.74) is 6.65. The van der Waals surface area contributed by atoms with E-state index >= 15 is 0 Å². The zero-order chi connectivity index (χ0) is 19.8. The molecule has 1 aliphatic rings. The second-order valence-electron chi connectivity index (χ2n) is 7.09. The van der Waals surface area contributed by atoms with Crippen molar-refractivity contribution in [3.05, 3.63) is 59.9 Å². The summed E-state index contributed by atoms with van der Waals surface area (Å²) in [5.74, 6) is 0. The Labute approximate surface area is 167 Å². The molecule has 0 aliphatic carbocycles. The lowest BCUT2D eigenvalue weighted by molar-refractivity contribution is 0.269. The van der Waals surface area contributed by atoms with Gasteiger partial charge < -0.3 is 10.4 Å². The van der Waals surface area contributed by atoms with Gasteiger partial charge in [-0.3, -0.25) is 4.68 Å². The van der Waals surface area contributed by atoms with Crippen LogP contribution in [0.25, 0.3) is 28.5 Å². The van der Waals surface area contributed by atoms with E-state index in [4.69, 9.17) is 10.1 Å². The summed E-state index contributed by atoms with van der Waals surface area (Å²) in [5, 5.41) is 25.4. The fraction of sp³-hybridized carbons (Fsp3) is 0.238. The van der Waals surface area contributed by atoms with Gasteiger partial charge in [0.1, 0.15) is 5.52 Å². The molecule has 0 amide bonds. The predicted molar refractivity (Wildman–Crippen MR) is 111 cm³/mol. The topological polar surface area (TPSA) is 93.7 Å². The molecule has 5 rings (SSSR count). The largest absolute Gasteiger partial charge is 0.394 e. The van der Waals surface area contributed by atoms with Crippen LogP contribution < -0.4 is 5.32 Å². The molecule has 0 fully saturated rings.